The van der Waals surface area contributed by atoms with Crippen molar-refractivity contribution >= 4 is 17.2 Å². The van der Waals surface area contributed by atoms with Gasteiger partial charge in [-0.1, -0.05) is 51.1 Å². The Hall–Kier alpha value is -2.98. The number of morpholine rings is 1. The lowest BCUT2D eigenvalue weighted by atomic mass is 9.87. The van der Waals surface area contributed by atoms with Crippen LogP contribution in [0.5, 0.6) is 11.5 Å². The van der Waals surface area contributed by atoms with Crippen molar-refractivity contribution in [3.63, 3.8) is 0 Å². The van der Waals surface area contributed by atoms with E-state index in [0.29, 0.717) is 18.8 Å². The van der Waals surface area contributed by atoms with Crippen molar-refractivity contribution < 1.29 is 19.0 Å². The van der Waals surface area contributed by atoms with E-state index in [1.807, 2.05) is 17.5 Å². The van der Waals surface area contributed by atoms with E-state index < -0.39 is 0 Å². The molecule has 0 radical (unpaired) electrons. The number of nitrogens with one attached hydrogen (secondary N) is 1. The highest BCUT2D eigenvalue weighted by molar-refractivity contribution is 7.09. The van der Waals surface area contributed by atoms with Gasteiger partial charge < -0.3 is 19.5 Å². The first-order valence-corrected chi connectivity index (χ1v) is 15.2. The molecule has 1 aliphatic rings. The summed E-state index contributed by atoms with van der Waals surface area (Å²) in [6.45, 7) is 13.7. The van der Waals surface area contributed by atoms with Gasteiger partial charge >= 0.3 is 0 Å². The van der Waals surface area contributed by atoms with Crippen molar-refractivity contribution in [1.82, 2.24) is 20.1 Å². The van der Waals surface area contributed by atoms with Crippen molar-refractivity contribution in [3.8, 4) is 11.5 Å². The molecule has 0 aliphatic carbocycles. The van der Waals surface area contributed by atoms with E-state index in [0.717, 1.165) is 68.9 Å². The number of rotatable bonds is 13. The predicted octanol–water partition coefficient (Wildman–Crippen LogP) is 4.76. The number of hydrogen-bond acceptors (Lipinski definition) is 8. The van der Waals surface area contributed by atoms with Crippen LogP contribution < -0.4 is 14.8 Å². The fraction of sp³-hybridized carbons (Fsp3) is 0.500. The van der Waals surface area contributed by atoms with E-state index >= 15 is 0 Å². The van der Waals surface area contributed by atoms with Gasteiger partial charge in [-0.2, -0.15) is 0 Å². The maximum absolute atomic E-state index is 12.8. The van der Waals surface area contributed by atoms with Gasteiger partial charge in [0.1, 0.15) is 10.7 Å². The van der Waals surface area contributed by atoms with Gasteiger partial charge in [0.15, 0.2) is 11.5 Å². The van der Waals surface area contributed by atoms with Gasteiger partial charge in [-0.3, -0.25) is 14.6 Å². The van der Waals surface area contributed by atoms with Crippen LogP contribution in [0.25, 0.3) is 0 Å². The molecule has 9 heteroatoms. The zero-order chi connectivity index (χ0) is 29.2. The maximum Gasteiger partial charge on any atom is 0.270 e. The van der Waals surface area contributed by atoms with Gasteiger partial charge in [-0.25, -0.2) is 4.98 Å². The number of methoxy groups -OCH3 is 2. The fourth-order valence-corrected chi connectivity index (χ4v) is 5.64. The summed E-state index contributed by atoms with van der Waals surface area (Å²) >= 11 is 1.54. The lowest BCUT2D eigenvalue weighted by Crippen LogP contribution is -2.41. The van der Waals surface area contributed by atoms with Crippen LogP contribution in [0.4, 0.5) is 0 Å². The van der Waals surface area contributed by atoms with Gasteiger partial charge in [-0.15, -0.1) is 11.3 Å². The molecule has 2 aromatic carbocycles. The summed E-state index contributed by atoms with van der Waals surface area (Å²) in [5, 5.41) is 5.82. The highest BCUT2D eigenvalue weighted by Crippen LogP contribution is 2.28. The zero-order valence-corrected chi connectivity index (χ0v) is 25.9. The molecule has 1 aliphatic heterocycles. The summed E-state index contributed by atoms with van der Waals surface area (Å²) in [6.07, 6.45) is 0.848. The summed E-state index contributed by atoms with van der Waals surface area (Å²) in [7, 11) is 3.31. The first-order valence-electron chi connectivity index (χ1n) is 14.3. The lowest BCUT2D eigenvalue weighted by Gasteiger charge is -2.26. The average Bonchev–Trinajstić information content (AvgIpc) is 3.44. The summed E-state index contributed by atoms with van der Waals surface area (Å²) in [6, 6.07) is 15.0. The van der Waals surface area contributed by atoms with E-state index in [9.17, 15) is 4.79 Å². The average molecular weight is 581 g/mol. The number of ether oxygens (including phenoxy) is 3. The molecular weight excluding hydrogens is 536 g/mol. The van der Waals surface area contributed by atoms with Crippen LogP contribution in [0.2, 0.25) is 0 Å². The van der Waals surface area contributed by atoms with Crippen molar-refractivity contribution in [1.29, 1.82) is 0 Å². The second kappa shape index (κ2) is 14.8. The van der Waals surface area contributed by atoms with Gasteiger partial charge in [0.25, 0.3) is 5.91 Å². The highest BCUT2D eigenvalue weighted by Gasteiger charge is 2.17. The minimum atomic E-state index is -0.115. The van der Waals surface area contributed by atoms with Crippen LogP contribution in [0, 0.1) is 0 Å². The van der Waals surface area contributed by atoms with E-state index in [2.05, 4.69) is 66.2 Å². The number of benzene rings is 2. The summed E-state index contributed by atoms with van der Waals surface area (Å²) in [4.78, 5) is 22.2. The molecule has 222 valence electrons. The monoisotopic (exact) mass is 580 g/mol. The smallest absolute Gasteiger partial charge is 0.270 e. The van der Waals surface area contributed by atoms with Gasteiger partial charge in [0.2, 0.25) is 0 Å². The Morgan fingerprint density at radius 1 is 1.02 bits per heavy atom. The minimum absolute atomic E-state index is 0.115. The molecule has 0 unspecified atom stereocenters. The van der Waals surface area contributed by atoms with Crippen LogP contribution in [0.3, 0.4) is 0 Å². The molecule has 0 saturated carbocycles. The molecule has 2 heterocycles. The Morgan fingerprint density at radius 2 is 1.73 bits per heavy atom. The van der Waals surface area contributed by atoms with Gasteiger partial charge in [0, 0.05) is 44.6 Å². The molecule has 1 aromatic heterocycles. The maximum atomic E-state index is 12.8. The van der Waals surface area contributed by atoms with Gasteiger partial charge in [-0.05, 0) is 40.7 Å². The zero-order valence-electron chi connectivity index (χ0n) is 25.1. The number of aromatic nitrogens is 1. The molecule has 41 heavy (non-hydrogen) atoms. The summed E-state index contributed by atoms with van der Waals surface area (Å²) in [5.41, 5.74) is 4.35. The third-order valence-electron chi connectivity index (χ3n) is 7.35. The molecule has 1 fully saturated rings. The fourth-order valence-electron chi connectivity index (χ4n) is 4.83. The van der Waals surface area contributed by atoms with Crippen LogP contribution in [0.15, 0.2) is 47.8 Å². The molecule has 3 aromatic rings. The molecule has 1 amide bonds. The molecular formula is C32H44N4O4S. The molecule has 8 nitrogen and oxygen atoms in total. The Balaban J connectivity index is 1.40. The Labute approximate surface area is 248 Å². The quantitative estimate of drug-likeness (QED) is 0.312. The lowest BCUT2D eigenvalue weighted by molar-refractivity contribution is 0.0383. The van der Waals surface area contributed by atoms with E-state index in [1.54, 1.807) is 14.2 Å². The molecule has 0 bridgehead atoms. The molecule has 4 rings (SSSR count). The number of carbonyl (C=O) groups excluding carboxylic acids is 1. The van der Waals surface area contributed by atoms with Gasteiger partial charge in [0.05, 0.1) is 34.0 Å². The Bertz CT molecular complexity index is 1250. The summed E-state index contributed by atoms with van der Waals surface area (Å²) < 4.78 is 16.3. The topological polar surface area (TPSA) is 76.2 Å². The molecule has 1 N–H and O–H groups in total. The number of thiazole rings is 1. The van der Waals surface area contributed by atoms with Crippen LogP contribution in [-0.4, -0.2) is 80.8 Å². The largest absolute Gasteiger partial charge is 0.493 e. The standard InChI is InChI=1S/C32H44N4O4S/c1-32(2,3)26-9-6-25(7-10-26)21-36(14-12-24-8-11-28(38-4)29(20-24)39-5)22-30-34-27(23-41-30)31(37)33-13-15-35-16-18-40-19-17-35/h6-11,20,23H,12-19,21-22H2,1-5H3,(H,33,37). The van der Waals surface area contributed by atoms with E-state index in [1.165, 1.54) is 28.0 Å². The summed E-state index contributed by atoms with van der Waals surface area (Å²) in [5.74, 6) is 1.35. The first kappa shape index (κ1) is 31.0. The number of nitrogens with zero attached hydrogens (tertiary/aromatic N) is 3. The molecule has 0 atom stereocenters. The van der Waals surface area contributed by atoms with Crippen molar-refractivity contribution in [2.45, 2.75) is 45.7 Å². The molecule has 0 spiro atoms. The predicted molar refractivity (Wildman–Crippen MR) is 164 cm³/mol. The number of hydrogen-bond donors (Lipinski definition) is 1. The van der Waals surface area contributed by atoms with E-state index in [-0.39, 0.29) is 11.3 Å². The number of carbonyl (C=O) groups is 1. The second-order valence-electron chi connectivity index (χ2n) is 11.4. The Morgan fingerprint density at radius 3 is 2.41 bits per heavy atom. The molecule has 1 saturated heterocycles. The highest BCUT2D eigenvalue weighted by atomic mass is 32.1. The third kappa shape index (κ3) is 9.26. The Kier molecular flexibility index (Phi) is 11.2. The van der Waals surface area contributed by atoms with Crippen molar-refractivity contribution in [3.05, 3.63) is 75.2 Å². The second-order valence-corrected chi connectivity index (χ2v) is 12.4. The first-order chi connectivity index (χ1) is 19.7. The SMILES string of the molecule is COc1ccc(CCN(Cc2ccc(C(C)(C)C)cc2)Cc2nc(C(=O)NCCN3CCOCC3)cs2)cc1OC. The van der Waals surface area contributed by atoms with Crippen molar-refractivity contribution in [2.75, 3.05) is 60.2 Å². The normalized spacial score (nSPS) is 14.3. The van der Waals surface area contributed by atoms with Crippen LogP contribution in [0.1, 0.15) is 53.0 Å². The van der Waals surface area contributed by atoms with E-state index in [4.69, 9.17) is 19.2 Å². The van der Waals surface area contributed by atoms with Crippen LogP contribution >= 0.6 is 11.3 Å². The minimum Gasteiger partial charge on any atom is -0.493 e. The third-order valence-corrected chi connectivity index (χ3v) is 8.18. The number of amides is 1. The van der Waals surface area contributed by atoms with Crippen molar-refractivity contribution in [2.24, 2.45) is 0 Å². The van der Waals surface area contributed by atoms with Crippen LogP contribution in [-0.2, 0) is 29.7 Å².